The predicted molar refractivity (Wildman–Crippen MR) is 87.0 cm³/mol. The second kappa shape index (κ2) is 6.19. The van der Waals surface area contributed by atoms with Crippen LogP contribution in [-0.2, 0) is 5.54 Å². The van der Waals surface area contributed by atoms with E-state index in [9.17, 15) is 5.11 Å². The largest absolute Gasteiger partial charge is 0.495 e. The molecule has 0 aliphatic rings. The first-order chi connectivity index (χ1) is 10.00. The van der Waals surface area contributed by atoms with E-state index in [4.69, 9.17) is 4.74 Å². The number of aliphatic hydroxyl groups is 1. The van der Waals surface area contributed by atoms with Gasteiger partial charge in [0.05, 0.1) is 24.9 Å². The molecule has 0 aliphatic carbocycles. The Hall–Kier alpha value is -2.00. The van der Waals surface area contributed by atoms with Gasteiger partial charge in [-0.3, -0.25) is 0 Å². The number of nitrogens with one attached hydrogen (secondary N) is 1. The normalized spacial score (nSPS) is 13.6. The third-order valence-corrected chi connectivity index (χ3v) is 3.82. The highest BCUT2D eigenvalue weighted by molar-refractivity contribution is 5.59. The first-order valence-corrected chi connectivity index (χ1v) is 7.10. The van der Waals surface area contributed by atoms with Crippen LogP contribution in [0.4, 0.5) is 5.69 Å². The summed E-state index contributed by atoms with van der Waals surface area (Å²) < 4.78 is 5.38. The van der Waals surface area contributed by atoms with E-state index in [1.165, 1.54) is 5.56 Å². The maximum Gasteiger partial charge on any atom is 0.141 e. The zero-order chi connectivity index (χ0) is 15.5. The van der Waals surface area contributed by atoms with E-state index in [1.54, 1.807) is 7.11 Å². The summed E-state index contributed by atoms with van der Waals surface area (Å²) in [5.41, 5.74) is 3.73. The zero-order valence-corrected chi connectivity index (χ0v) is 13.1. The van der Waals surface area contributed by atoms with Crippen LogP contribution in [0.15, 0.2) is 42.5 Å². The lowest BCUT2D eigenvalue weighted by atomic mass is 9.87. The molecule has 0 heterocycles. The lowest BCUT2D eigenvalue weighted by Crippen LogP contribution is -2.36. The van der Waals surface area contributed by atoms with Gasteiger partial charge in [0.1, 0.15) is 5.75 Å². The predicted octanol–water partition coefficient (Wildman–Crippen LogP) is 3.63. The van der Waals surface area contributed by atoms with Gasteiger partial charge >= 0.3 is 0 Å². The van der Waals surface area contributed by atoms with E-state index >= 15 is 0 Å². The van der Waals surface area contributed by atoms with E-state index in [0.29, 0.717) is 0 Å². The molecule has 112 valence electrons. The van der Waals surface area contributed by atoms with Crippen LogP contribution >= 0.6 is 0 Å². The summed E-state index contributed by atoms with van der Waals surface area (Å²) in [5.74, 6) is 0.766. The van der Waals surface area contributed by atoms with Crippen LogP contribution in [0.5, 0.6) is 5.75 Å². The molecule has 0 radical (unpaired) electrons. The number of hydrogen-bond acceptors (Lipinski definition) is 3. The molecular formula is C18H23NO2. The molecule has 2 aromatic rings. The van der Waals surface area contributed by atoms with Crippen LogP contribution in [0.3, 0.4) is 0 Å². The molecule has 21 heavy (non-hydrogen) atoms. The van der Waals surface area contributed by atoms with Crippen LogP contribution in [0.1, 0.15) is 23.6 Å². The van der Waals surface area contributed by atoms with E-state index < -0.39 is 5.54 Å². The lowest BCUT2D eigenvalue weighted by Gasteiger charge is -2.33. The van der Waals surface area contributed by atoms with Crippen molar-refractivity contribution in [3.63, 3.8) is 0 Å². The molecule has 2 aromatic carbocycles. The van der Waals surface area contributed by atoms with Crippen LogP contribution in [0.2, 0.25) is 0 Å². The molecule has 0 spiro atoms. The van der Waals surface area contributed by atoms with Crippen LogP contribution in [-0.4, -0.2) is 18.8 Å². The van der Waals surface area contributed by atoms with Gasteiger partial charge < -0.3 is 15.2 Å². The highest BCUT2D eigenvalue weighted by Gasteiger charge is 2.28. The van der Waals surface area contributed by atoms with Crippen LogP contribution < -0.4 is 10.1 Å². The molecule has 0 saturated carbocycles. The fourth-order valence-electron chi connectivity index (χ4n) is 2.57. The van der Waals surface area contributed by atoms with E-state index in [2.05, 4.69) is 37.4 Å². The number of ether oxygens (including phenoxy) is 1. The SMILES string of the molecule is COc1ccccc1NC(C)(CO)c1cc(C)ccc1C. The summed E-state index contributed by atoms with van der Waals surface area (Å²) in [6.45, 7) is 6.12. The average molecular weight is 285 g/mol. The quantitative estimate of drug-likeness (QED) is 0.881. The molecular weight excluding hydrogens is 262 g/mol. The van der Waals surface area contributed by atoms with Crippen LogP contribution in [0, 0.1) is 13.8 Å². The Morgan fingerprint density at radius 1 is 1.14 bits per heavy atom. The molecule has 0 bridgehead atoms. The Morgan fingerprint density at radius 3 is 2.52 bits per heavy atom. The maximum atomic E-state index is 9.98. The molecule has 3 nitrogen and oxygen atoms in total. The number of methoxy groups -OCH3 is 1. The highest BCUT2D eigenvalue weighted by Crippen LogP contribution is 2.33. The van der Waals surface area contributed by atoms with Crippen LogP contribution in [0.25, 0.3) is 0 Å². The fraction of sp³-hybridized carbons (Fsp3) is 0.333. The smallest absolute Gasteiger partial charge is 0.141 e. The van der Waals surface area contributed by atoms with Crippen molar-refractivity contribution in [1.82, 2.24) is 0 Å². The topological polar surface area (TPSA) is 41.5 Å². The van der Waals surface area contributed by atoms with Gasteiger partial charge in [-0.25, -0.2) is 0 Å². The van der Waals surface area contributed by atoms with Gasteiger partial charge in [0.2, 0.25) is 0 Å². The zero-order valence-electron chi connectivity index (χ0n) is 13.1. The van der Waals surface area contributed by atoms with Crippen molar-refractivity contribution >= 4 is 5.69 Å². The summed E-state index contributed by atoms with van der Waals surface area (Å²) in [7, 11) is 1.65. The van der Waals surface area contributed by atoms with E-state index in [1.807, 2.05) is 31.2 Å². The molecule has 0 saturated heterocycles. The molecule has 0 aromatic heterocycles. The number of anilines is 1. The summed E-state index contributed by atoms with van der Waals surface area (Å²) >= 11 is 0. The minimum Gasteiger partial charge on any atom is -0.495 e. The summed E-state index contributed by atoms with van der Waals surface area (Å²) in [6.07, 6.45) is 0. The Bertz CT molecular complexity index is 624. The number of hydrogen-bond donors (Lipinski definition) is 2. The monoisotopic (exact) mass is 285 g/mol. The van der Waals surface area contributed by atoms with Gasteiger partial charge in [-0.1, -0.05) is 35.9 Å². The number of aryl methyl sites for hydroxylation is 2. The third-order valence-electron chi connectivity index (χ3n) is 3.82. The minimum atomic E-state index is -0.565. The van der Waals surface area contributed by atoms with Crippen molar-refractivity contribution in [1.29, 1.82) is 0 Å². The first kappa shape index (κ1) is 15.4. The molecule has 0 fully saturated rings. The number of rotatable bonds is 5. The van der Waals surface area contributed by atoms with Gasteiger partial charge in [0, 0.05) is 0 Å². The average Bonchev–Trinajstić information content (AvgIpc) is 2.50. The lowest BCUT2D eigenvalue weighted by molar-refractivity contribution is 0.223. The Morgan fingerprint density at radius 2 is 1.86 bits per heavy atom. The first-order valence-electron chi connectivity index (χ1n) is 7.10. The number of para-hydroxylation sites is 2. The second-order valence-corrected chi connectivity index (χ2v) is 5.63. The van der Waals surface area contributed by atoms with Gasteiger partial charge in [-0.05, 0) is 44.0 Å². The molecule has 2 N–H and O–H groups in total. The number of benzene rings is 2. The Labute approximate surface area is 126 Å². The van der Waals surface area contributed by atoms with Crippen molar-refractivity contribution in [2.45, 2.75) is 26.3 Å². The van der Waals surface area contributed by atoms with E-state index in [-0.39, 0.29) is 6.61 Å². The third kappa shape index (κ3) is 3.19. The van der Waals surface area contributed by atoms with Crippen molar-refractivity contribution in [2.24, 2.45) is 0 Å². The summed E-state index contributed by atoms with van der Waals surface area (Å²) in [6, 6.07) is 14.0. The maximum absolute atomic E-state index is 9.98. The van der Waals surface area contributed by atoms with Gasteiger partial charge in [-0.15, -0.1) is 0 Å². The Kier molecular flexibility index (Phi) is 4.53. The Balaban J connectivity index is 2.44. The molecule has 3 heteroatoms. The molecule has 1 atom stereocenters. The molecule has 1 unspecified atom stereocenters. The van der Waals surface area contributed by atoms with Gasteiger partial charge in [0.25, 0.3) is 0 Å². The molecule has 0 amide bonds. The van der Waals surface area contributed by atoms with Gasteiger partial charge in [0.15, 0.2) is 0 Å². The van der Waals surface area contributed by atoms with E-state index in [0.717, 1.165) is 22.6 Å². The standard InChI is InChI=1S/C18H23NO2/c1-13-9-10-14(2)15(11-13)18(3,12-20)19-16-7-5-6-8-17(16)21-4/h5-11,19-20H,12H2,1-4H3. The molecule has 2 rings (SSSR count). The van der Waals surface area contributed by atoms with Crippen molar-refractivity contribution in [3.8, 4) is 5.75 Å². The fourth-order valence-corrected chi connectivity index (χ4v) is 2.57. The number of aliphatic hydroxyl groups excluding tert-OH is 1. The highest BCUT2D eigenvalue weighted by atomic mass is 16.5. The van der Waals surface area contributed by atoms with Crippen molar-refractivity contribution in [2.75, 3.05) is 19.0 Å². The second-order valence-electron chi connectivity index (χ2n) is 5.63. The van der Waals surface area contributed by atoms with Crippen molar-refractivity contribution in [3.05, 3.63) is 59.2 Å². The summed E-state index contributed by atoms with van der Waals surface area (Å²) in [4.78, 5) is 0. The summed E-state index contributed by atoms with van der Waals surface area (Å²) in [5, 5.41) is 13.4. The van der Waals surface area contributed by atoms with Crippen molar-refractivity contribution < 1.29 is 9.84 Å². The minimum absolute atomic E-state index is 0.00462. The van der Waals surface area contributed by atoms with Gasteiger partial charge in [-0.2, -0.15) is 0 Å². The molecule has 0 aliphatic heterocycles.